The van der Waals surface area contributed by atoms with Crippen LogP contribution in [0.2, 0.25) is 0 Å². The van der Waals surface area contributed by atoms with Crippen molar-refractivity contribution >= 4 is 41.1 Å². The topological polar surface area (TPSA) is 75.7 Å². The number of hydrogen-bond acceptors (Lipinski definition) is 5. The van der Waals surface area contributed by atoms with Crippen LogP contribution < -0.4 is 5.32 Å². The van der Waals surface area contributed by atoms with Gasteiger partial charge in [0.05, 0.1) is 6.42 Å². The number of fused-ring (bicyclic) bond motifs is 1. The van der Waals surface area contributed by atoms with Gasteiger partial charge in [0.15, 0.2) is 6.10 Å². The normalized spacial score (nSPS) is 18.8. The highest BCUT2D eigenvalue weighted by Gasteiger charge is 2.54. The molecule has 6 nitrogen and oxygen atoms in total. The van der Waals surface area contributed by atoms with E-state index in [1.54, 1.807) is 0 Å². The fourth-order valence-electron chi connectivity index (χ4n) is 4.53. The summed E-state index contributed by atoms with van der Waals surface area (Å²) in [6, 6.07) is 27.6. The zero-order valence-corrected chi connectivity index (χ0v) is 21.5. The van der Waals surface area contributed by atoms with Crippen LogP contribution in [0.4, 0.5) is 0 Å². The van der Waals surface area contributed by atoms with Crippen LogP contribution in [0.25, 0.3) is 0 Å². The van der Waals surface area contributed by atoms with E-state index in [1.807, 2.05) is 91.0 Å². The summed E-state index contributed by atoms with van der Waals surface area (Å²) in [4.78, 5) is 40.8. The first-order valence-corrected chi connectivity index (χ1v) is 13.5. The van der Waals surface area contributed by atoms with E-state index in [2.05, 4.69) is 5.32 Å². The number of esters is 1. The number of β-lactam (4-membered cyclic amide) rings is 1. The number of benzene rings is 3. The van der Waals surface area contributed by atoms with E-state index in [9.17, 15) is 14.4 Å². The third-order valence-corrected chi connectivity index (χ3v) is 8.02. The van der Waals surface area contributed by atoms with Crippen molar-refractivity contribution in [3.63, 3.8) is 0 Å². The molecule has 0 unspecified atom stereocenters. The minimum atomic E-state index is -0.708. The van der Waals surface area contributed by atoms with Gasteiger partial charge in [0, 0.05) is 11.6 Å². The molecule has 2 aliphatic heterocycles. The van der Waals surface area contributed by atoms with Gasteiger partial charge >= 0.3 is 5.97 Å². The maximum atomic E-state index is 13.6. The Balaban J connectivity index is 1.35. The van der Waals surface area contributed by atoms with Crippen LogP contribution in [0.1, 0.15) is 22.8 Å². The molecule has 8 heteroatoms. The molecule has 5 rings (SSSR count). The fraction of sp³-hybridized carbons (Fsp3) is 0.207. The quantitative estimate of drug-likeness (QED) is 0.263. The molecule has 188 valence electrons. The Labute approximate surface area is 224 Å². The second-order valence-electron chi connectivity index (χ2n) is 8.81. The molecule has 2 aliphatic rings. The summed E-state index contributed by atoms with van der Waals surface area (Å²) in [6.07, 6.45) is -0.472. The summed E-state index contributed by atoms with van der Waals surface area (Å²) in [7, 11) is 0. The van der Waals surface area contributed by atoms with Gasteiger partial charge in [-0.25, -0.2) is 4.79 Å². The van der Waals surface area contributed by atoms with Gasteiger partial charge in [-0.1, -0.05) is 91.0 Å². The number of nitrogens with one attached hydrogen (secondary N) is 1. The van der Waals surface area contributed by atoms with Crippen molar-refractivity contribution in [1.29, 1.82) is 0 Å². The smallest absolute Gasteiger partial charge is 0.356 e. The van der Waals surface area contributed by atoms with Crippen molar-refractivity contribution in [2.45, 2.75) is 23.9 Å². The lowest BCUT2D eigenvalue weighted by Gasteiger charge is -2.49. The first-order chi connectivity index (χ1) is 18.1. The van der Waals surface area contributed by atoms with Crippen LogP contribution in [-0.2, 0) is 25.5 Å². The molecule has 2 atom stereocenters. The summed E-state index contributed by atoms with van der Waals surface area (Å²) >= 11 is 7.68. The number of rotatable bonds is 8. The Kier molecular flexibility index (Phi) is 7.63. The van der Waals surface area contributed by atoms with Gasteiger partial charge in [-0.3, -0.25) is 14.5 Å². The van der Waals surface area contributed by atoms with E-state index < -0.39 is 23.5 Å². The average Bonchev–Trinajstić information content (AvgIpc) is 2.95. The summed E-state index contributed by atoms with van der Waals surface area (Å²) in [5, 5.41) is 2.45. The van der Waals surface area contributed by atoms with E-state index in [0.29, 0.717) is 11.3 Å². The summed E-state index contributed by atoms with van der Waals surface area (Å²) in [5.74, 6) is -0.630. The van der Waals surface area contributed by atoms with Gasteiger partial charge in [-0.05, 0) is 22.3 Å². The maximum absolute atomic E-state index is 13.6. The number of carbonyl (C=O) groups is 3. The molecule has 0 spiro atoms. The number of nitrogens with zero attached hydrogens (tertiary/aromatic N) is 1. The predicted octanol–water partition coefficient (Wildman–Crippen LogP) is 4.45. The molecule has 3 aromatic rings. The van der Waals surface area contributed by atoms with E-state index in [0.717, 1.165) is 16.7 Å². The molecule has 37 heavy (non-hydrogen) atoms. The lowest BCUT2D eigenvalue weighted by atomic mass is 10.0. The molecular weight excluding hydrogens is 508 g/mol. The van der Waals surface area contributed by atoms with Crippen LogP contribution in [0.5, 0.6) is 0 Å². The highest BCUT2D eigenvalue weighted by molar-refractivity contribution is 8.00. The van der Waals surface area contributed by atoms with E-state index in [1.165, 1.54) is 16.7 Å². The molecule has 1 N–H and O–H groups in total. The standard InChI is InChI=1S/C29H25ClN2O4S/c30-17-22-18-37-28-24(31-23(33)16-19-10-4-1-5-11-19)27(34)32(28)25(22)29(35)36-26(20-12-6-2-7-13-20)21-14-8-3-9-15-21/h1-15,24,26,28H,16-18H2,(H,31,33)/t24-,28+/m1/s1. The summed E-state index contributed by atoms with van der Waals surface area (Å²) in [5.41, 5.74) is 3.31. The second-order valence-corrected chi connectivity index (χ2v) is 10.2. The van der Waals surface area contributed by atoms with Crippen molar-refractivity contribution in [3.8, 4) is 0 Å². The van der Waals surface area contributed by atoms with Gasteiger partial charge in [-0.2, -0.15) is 0 Å². The van der Waals surface area contributed by atoms with Gasteiger partial charge < -0.3 is 10.1 Å². The van der Waals surface area contributed by atoms with Crippen LogP contribution in [0, 0.1) is 0 Å². The largest absolute Gasteiger partial charge is 0.448 e. The highest BCUT2D eigenvalue weighted by Crippen LogP contribution is 2.41. The van der Waals surface area contributed by atoms with Crippen LogP contribution in [0.3, 0.4) is 0 Å². The molecule has 3 aromatic carbocycles. The number of hydrogen-bond donors (Lipinski definition) is 1. The first-order valence-electron chi connectivity index (χ1n) is 11.9. The number of carbonyl (C=O) groups excluding carboxylic acids is 3. The van der Waals surface area contributed by atoms with Crippen molar-refractivity contribution in [2.24, 2.45) is 0 Å². The van der Waals surface area contributed by atoms with Crippen LogP contribution >= 0.6 is 23.4 Å². The third-order valence-electron chi connectivity index (χ3n) is 6.36. The third kappa shape index (κ3) is 5.29. The molecular formula is C29H25ClN2O4S. The molecule has 0 saturated carbocycles. The fourth-order valence-corrected chi connectivity index (χ4v) is 6.21. The van der Waals surface area contributed by atoms with Crippen molar-refractivity contribution in [2.75, 3.05) is 11.6 Å². The average molecular weight is 533 g/mol. The number of halogens is 1. The van der Waals surface area contributed by atoms with Gasteiger partial charge in [0.25, 0.3) is 5.91 Å². The summed E-state index contributed by atoms with van der Waals surface area (Å²) in [6.45, 7) is 0. The highest BCUT2D eigenvalue weighted by atomic mass is 35.5. The van der Waals surface area contributed by atoms with Crippen molar-refractivity contribution < 1.29 is 19.1 Å². The number of amides is 2. The molecule has 0 radical (unpaired) electrons. The maximum Gasteiger partial charge on any atom is 0.356 e. The first kappa shape index (κ1) is 25.1. The van der Waals surface area contributed by atoms with Crippen LogP contribution in [0.15, 0.2) is 102 Å². The van der Waals surface area contributed by atoms with E-state index in [4.69, 9.17) is 16.3 Å². The minimum absolute atomic E-state index is 0.0975. The van der Waals surface area contributed by atoms with E-state index >= 15 is 0 Å². The Morgan fingerprint density at radius 1 is 0.946 bits per heavy atom. The molecule has 0 aliphatic carbocycles. The van der Waals surface area contributed by atoms with Gasteiger partial charge in [0.1, 0.15) is 17.1 Å². The molecule has 0 bridgehead atoms. The molecule has 1 saturated heterocycles. The molecule has 2 amide bonds. The van der Waals surface area contributed by atoms with Gasteiger partial charge in [0.2, 0.25) is 5.91 Å². The van der Waals surface area contributed by atoms with Crippen LogP contribution in [-0.4, -0.2) is 45.7 Å². The van der Waals surface area contributed by atoms with E-state index in [-0.39, 0.29) is 29.8 Å². The lowest BCUT2D eigenvalue weighted by molar-refractivity contribution is -0.154. The zero-order valence-electron chi connectivity index (χ0n) is 19.9. The van der Waals surface area contributed by atoms with Crippen molar-refractivity contribution in [1.82, 2.24) is 10.2 Å². The van der Waals surface area contributed by atoms with Gasteiger partial charge in [-0.15, -0.1) is 23.4 Å². The second kappa shape index (κ2) is 11.2. The SMILES string of the molecule is O=C(Cc1ccccc1)N[C@@H]1C(=O)N2C(C(=O)OC(c3ccccc3)c3ccccc3)=C(CCl)CS[C@@H]12. The molecule has 0 aromatic heterocycles. The summed E-state index contributed by atoms with van der Waals surface area (Å²) < 4.78 is 6.04. The Morgan fingerprint density at radius 3 is 2.08 bits per heavy atom. The Bertz CT molecular complexity index is 1280. The molecule has 1 fully saturated rings. The number of alkyl halides is 1. The zero-order chi connectivity index (χ0) is 25.8. The number of ether oxygens (including phenoxy) is 1. The lowest BCUT2D eigenvalue weighted by Crippen LogP contribution is -2.70. The Morgan fingerprint density at radius 2 is 1.51 bits per heavy atom. The number of thioether (sulfide) groups is 1. The monoisotopic (exact) mass is 532 g/mol. The predicted molar refractivity (Wildman–Crippen MR) is 144 cm³/mol. The minimum Gasteiger partial charge on any atom is -0.448 e. The Hall–Kier alpha value is -3.55. The van der Waals surface area contributed by atoms with Crippen molar-refractivity contribution in [3.05, 3.63) is 119 Å². The molecule has 2 heterocycles.